The number of methoxy groups -OCH3 is 1. The molecule has 1 aromatic carbocycles. The molecule has 0 aliphatic rings. The van der Waals surface area contributed by atoms with Crippen LogP contribution in [0.15, 0.2) is 18.2 Å². The molecule has 0 bridgehead atoms. The van der Waals surface area contributed by atoms with Crippen LogP contribution < -0.4 is 5.73 Å². The summed E-state index contributed by atoms with van der Waals surface area (Å²) < 4.78 is 5.01. The van der Waals surface area contributed by atoms with Gasteiger partial charge in [0.05, 0.1) is 6.61 Å². The third-order valence-electron chi connectivity index (χ3n) is 1.79. The highest BCUT2D eigenvalue weighted by Gasteiger charge is 1.98. The molecule has 0 atom stereocenters. The molecule has 0 spiro atoms. The Hall–Kier alpha value is -1.02. The third-order valence-corrected chi connectivity index (χ3v) is 1.79. The minimum Gasteiger partial charge on any atom is -0.399 e. The Labute approximate surface area is 67.0 Å². The van der Waals surface area contributed by atoms with E-state index in [4.69, 9.17) is 10.5 Å². The second-order valence-corrected chi connectivity index (χ2v) is 2.56. The van der Waals surface area contributed by atoms with Gasteiger partial charge in [0.25, 0.3) is 0 Å². The van der Waals surface area contributed by atoms with Gasteiger partial charge in [-0.25, -0.2) is 0 Å². The van der Waals surface area contributed by atoms with Gasteiger partial charge < -0.3 is 10.5 Å². The Morgan fingerprint density at radius 2 is 2.18 bits per heavy atom. The zero-order chi connectivity index (χ0) is 8.27. The van der Waals surface area contributed by atoms with Gasteiger partial charge in [-0.3, -0.25) is 0 Å². The van der Waals surface area contributed by atoms with E-state index >= 15 is 0 Å². The summed E-state index contributed by atoms with van der Waals surface area (Å²) >= 11 is 0. The van der Waals surface area contributed by atoms with E-state index in [0.717, 1.165) is 16.8 Å². The van der Waals surface area contributed by atoms with Gasteiger partial charge in [-0.05, 0) is 24.1 Å². The lowest BCUT2D eigenvalue weighted by Gasteiger charge is -2.05. The summed E-state index contributed by atoms with van der Waals surface area (Å²) in [6, 6.07) is 5.86. The van der Waals surface area contributed by atoms with Crippen molar-refractivity contribution in [2.24, 2.45) is 0 Å². The molecule has 0 saturated heterocycles. The van der Waals surface area contributed by atoms with Crippen molar-refractivity contribution in [2.45, 2.75) is 13.5 Å². The van der Waals surface area contributed by atoms with Gasteiger partial charge in [0.1, 0.15) is 0 Å². The van der Waals surface area contributed by atoms with Gasteiger partial charge in [-0.2, -0.15) is 0 Å². The molecular weight excluding hydrogens is 138 g/mol. The molecule has 2 heteroatoms. The van der Waals surface area contributed by atoms with E-state index in [1.807, 2.05) is 25.1 Å². The number of hydrogen-bond acceptors (Lipinski definition) is 2. The van der Waals surface area contributed by atoms with Crippen LogP contribution in [0.2, 0.25) is 0 Å². The lowest BCUT2D eigenvalue weighted by Crippen LogP contribution is -1.96. The summed E-state index contributed by atoms with van der Waals surface area (Å²) in [6.07, 6.45) is 0. The summed E-state index contributed by atoms with van der Waals surface area (Å²) in [4.78, 5) is 0. The van der Waals surface area contributed by atoms with E-state index in [0.29, 0.717) is 6.61 Å². The quantitative estimate of drug-likeness (QED) is 0.653. The molecule has 1 aromatic rings. The fraction of sp³-hybridized carbons (Fsp3) is 0.333. The third kappa shape index (κ3) is 1.71. The van der Waals surface area contributed by atoms with Gasteiger partial charge in [-0.15, -0.1) is 0 Å². The minimum atomic E-state index is 0.636. The van der Waals surface area contributed by atoms with E-state index in [1.165, 1.54) is 0 Å². The maximum absolute atomic E-state index is 5.70. The summed E-state index contributed by atoms with van der Waals surface area (Å²) in [7, 11) is 1.68. The summed E-state index contributed by atoms with van der Waals surface area (Å²) in [5, 5.41) is 0. The lowest BCUT2D eigenvalue weighted by atomic mass is 10.1. The van der Waals surface area contributed by atoms with Crippen molar-refractivity contribution in [2.75, 3.05) is 12.8 Å². The van der Waals surface area contributed by atoms with Crippen LogP contribution in [0, 0.1) is 6.92 Å². The maximum Gasteiger partial charge on any atom is 0.0716 e. The maximum atomic E-state index is 5.70. The van der Waals surface area contributed by atoms with Crippen molar-refractivity contribution in [3.8, 4) is 0 Å². The highest BCUT2D eigenvalue weighted by Crippen LogP contribution is 2.15. The predicted molar refractivity (Wildman–Crippen MR) is 46.3 cm³/mol. The van der Waals surface area contributed by atoms with Gasteiger partial charge in [0, 0.05) is 12.8 Å². The van der Waals surface area contributed by atoms with Crippen molar-refractivity contribution < 1.29 is 4.74 Å². The van der Waals surface area contributed by atoms with Gasteiger partial charge in [-0.1, -0.05) is 12.1 Å². The zero-order valence-corrected chi connectivity index (χ0v) is 6.92. The van der Waals surface area contributed by atoms with Gasteiger partial charge >= 0.3 is 0 Å². The SMILES string of the molecule is COCc1cccc(N)c1C. The van der Waals surface area contributed by atoms with Gasteiger partial charge in [0.2, 0.25) is 0 Å². The first-order valence-electron chi connectivity index (χ1n) is 3.58. The number of hydrogen-bond donors (Lipinski definition) is 1. The van der Waals surface area contributed by atoms with Crippen LogP contribution in [0.5, 0.6) is 0 Å². The Morgan fingerprint density at radius 3 is 2.82 bits per heavy atom. The molecule has 0 fully saturated rings. The monoisotopic (exact) mass is 151 g/mol. The molecule has 1 rings (SSSR count). The number of benzene rings is 1. The van der Waals surface area contributed by atoms with E-state index in [1.54, 1.807) is 7.11 Å². The number of anilines is 1. The Morgan fingerprint density at radius 1 is 1.45 bits per heavy atom. The van der Waals surface area contributed by atoms with Crippen molar-refractivity contribution in [1.82, 2.24) is 0 Å². The number of nitrogens with two attached hydrogens (primary N) is 1. The van der Waals surface area contributed by atoms with Gasteiger partial charge in [0.15, 0.2) is 0 Å². The Kier molecular flexibility index (Phi) is 2.49. The summed E-state index contributed by atoms with van der Waals surface area (Å²) in [5.41, 5.74) is 8.81. The predicted octanol–water partition coefficient (Wildman–Crippen LogP) is 1.72. The van der Waals surface area contributed by atoms with Crippen LogP contribution in [-0.2, 0) is 11.3 Å². The van der Waals surface area contributed by atoms with Crippen LogP contribution in [0.4, 0.5) is 5.69 Å². The molecule has 0 aliphatic carbocycles. The molecular formula is C9H13NO. The molecule has 0 heterocycles. The second-order valence-electron chi connectivity index (χ2n) is 2.56. The number of ether oxygens (including phenoxy) is 1. The van der Waals surface area contributed by atoms with Crippen molar-refractivity contribution in [3.63, 3.8) is 0 Å². The van der Waals surface area contributed by atoms with Crippen LogP contribution in [-0.4, -0.2) is 7.11 Å². The number of nitrogen functional groups attached to an aromatic ring is 1. The molecule has 60 valence electrons. The smallest absolute Gasteiger partial charge is 0.0716 e. The molecule has 0 unspecified atom stereocenters. The average molecular weight is 151 g/mol. The molecule has 11 heavy (non-hydrogen) atoms. The van der Waals surface area contributed by atoms with E-state index in [9.17, 15) is 0 Å². The number of rotatable bonds is 2. The molecule has 0 radical (unpaired) electrons. The average Bonchev–Trinajstić information content (AvgIpc) is 1.99. The summed E-state index contributed by atoms with van der Waals surface area (Å²) in [5.74, 6) is 0. The van der Waals surface area contributed by atoms with Crippen molar-refractivity contribution in [3.05, 3.63) is 29.3 Å². The fourth-order valence-electron chi connectivity index (χ4n) is 1.02. The fourth-order valence-corrected chi connectivity index (χ4v) is 1.02. The molecule has 2 nitrogen and oxygen atoms in total. The van der Waals surface area contributed by atoms with Crippen molar-refractivity contribution in [1.29, 1.82) is 0 Å². The first-order valence-corrected chi connectivity index (χ1v) is 3.58. The molecule has 0 amide bonds. The minimum absolute atomic E-state index is 0.636. The normalized spacial score (nSPS) is 10.0. The van der Waals surface area contributed by atoms with E-state index < -0.39 is 0 Å². The van der Waals surface area contributed by atoms with Crippen LogP contribution in [0.3, 0.4) is 0 Å². The van der Waals surface area contributed by atoms with Crippen LogP contribution in [0.1, 0.15) is 11.1 Å². The standard InChI is InChI=1S/C9H13NO/c1-7-8(6-11-2)4-3-5-9(7)10/h3-5H,6,10H2,1-2H3. The molecule has 2 N–H and O–H groups in total. The second kappa shape index (κ2) is 3.39. The summed E-state index contributed by atoms with van der Waals surface area (Å²) in [6.45, 7) is 2.64. The zero-order valence-electron chi connectivity index (χ0n) is 6.92. The van der Waals surface area contributed by atoms with E-state index in [-0.39, 0.29) is 0 Å². The van der Waals surface area contributed by atoms with E-state index in [2.05, 4.69) is 0 Å². The topological polar surface area (TPSA) is 35.2 Å². The highest BCUT2D eigenvalue weighted by atomic mass is 16.5. The molecule has 0 aromatic heterocycles. The first kappa shape index (κ1) is 8.08. The Balaban J connectivity index is 2.96. The highest BCUT2D eigenvalue weighted by molar-refractivity contribution is 5.49. The molecule has 0 saturated carbocycles. The first-order chi connectivity index (χ1) is 5.25. The molecule has 0 aliphatic heterocycles. The van der Waals surface area contributed by atoms with Crippen LogP contribution in [0.25, 0.3) is 0 Å². The van der Waals surface area contributed by atoms with Crippen LogP contribution >= 0.6 is 0 Å². The Bertz CT molecular complexity index is 245. The van der Waals surface area contributed by atoms with Crippen molar-refractivity contribution >= 4 is 5.69 Å². The lowest BCUT2D eigenvalue weighted by molar-refractivity contribution is 0.184. The largest absolute Gasteiger partial charge is 0.399 e.